The fourth-order valence-corrected chi connectivity index (χ4v) is 2.47. The molecule has 88 valence electrons. The Morgan fingerprint density at radius 3 is 3.19 bits per heavy atom. The Bertz CT molecular complexity index is 338. The van der Waals surface area contributed by atoms with Gasteiger partial charge in [-0.05, 0) is 56.8 Å². The van der Waals surface area contributed by atoms with E-state index >= 15 is 0 Å². The summed E-state index contributed by atoms with van der Waals surface area (Å²) in [4.78, 5) is 6.92. The predicted octanol–water partition coefficient (Wildman–Crippen LogP) is 2.10. The lowest BCUT2D eigenvalue weighted by Crippen LogP contribution is -2.30. The molecular weight excluding hydrogens is 198 g/mol. The molecule has 3 heteroatoms. The predicted molar refractivity (Wildman–Crippen MR) is 67.6 cm³/mol. The molecule has 1 fully saturated rings. The van der Waals surface area contributed by atoms with Crippen LogP contribution in [0.25, 0.3) is 0 Å². The maximum Gasteiger partial charge on any atom is 0.128 e. The maximum absolute atomic E-state index is 5.58. The van der Waals surface area contributed by atoms with E-state index in [-0.39, 0.29) is 0 Å². The average molecular weight is 219 g/mol. The second-order valence-corrected chi connectivity index (χ2v) is 4.61. The van der Waals surface area contributed by atoms with Crippen LogP contribution in [-0.4, -0.2) is 24.1 Å². The second-order valence-electron chi connectivity index (χ2n) is 4.61. The van der Waals surface area contributed by atoms with Crippen LogP contribution in [0.1, 0.15) is 31.2 Å². The van der Waals surface area contributed by atoms with E-state index in [0.29, 0.717) is 6.04 Å². The van der Waals surface area contributed by atoms with Gasteiger partial charge in [-0.15, -0.1) is 0 Å². The topological polar surface area (TPSA) is 42.2 Å². The van der Waals surface area contributed by atoms with Gasteiger partial charge in [-0.1, -0.05) is 0 Å². The Balaban J connectivity index is 2.07. The quantitative estimate of drug-likeness (QED) is 0.843. The highest BCUT2D eigenvalue weighted by Crippen LogP contribution is 2.26. The number of aryl methyl sites for hydroxylation is 1. The minimum atomic E-state index is 0.651. The standard InChI is InChI=1S/C13H21N3/c1-11-6-8-15-13(10-11)16-9-3-5-12(16)4-2-7-14/h6,8,10,12H,2-5,7,9,14H2,1H3. The molecular formula is C13H21N3. The minimum Gasteiger partial charge on any atom is -0.354 e. The highest BCUT2D eigenvalue weighted by atomic mass is 15.2. The molecule has 0 bridgehead atoms. The summed E-state index contributed by atoms with van der Waals surface area (Å²) in [5.41, 5.74) is 6.87. The zero-order valence-electron chi connectivity index (χ0n) is 10.0. The summed E-state index contributed by atoms with van der Waals surface area (Å²) in [6.45, 7) is 4.06. The molecule has 0 aliphatic carbocycles. The van der Waals surface area contributed by atoms with Crippen molar-refractivity contribution in [1.29, 1.82) is 0 Å². The highest BCUT2D eigenvalue weighted by Gasteiger charge is 2.24. The zero-order valence-corrected chi connectivity index (χ0v) is 10.0. The molecule has 2 N–H and O–H groups in total. The van der Waals surface area contributed by atoms with E-state index < -0.39 is 0 Å². The number of pyridine rings is 1. The Morgan fingerprint density at radius 2 is 2.44 bits per heavy atom. The minimum absolute atomic E-state index is 0.651. The fourth-order valence-electron chi connectivity index (χ4n) is 2.47. The number of rotatable bonds is 4. The van der Waals surface area contributed by atoms with Gasteiger partial charge in [0.1, 0.15) is 5.82 Å². The molecule has 16 heavy (non-hydrogen) atoms. The molecule has 0 aromatic carbocycles. The first-order chi connectivity index (χ1) is 7.81. The molecule has 1 aromatic heterocycles. The number of aromatic nitrogens is 1. The molecule has 1 aliphatic heterocycles. The van der Waals surface area contributed by atoms with E-state index in [1.807, 2.05) is 6.20 Å². The first-order valence-corrected chi connectivity index (χ1v) is 6.20. The lowest BCUT2D eigenvalue weighted by atomic mass is 10.1. The molecule has 1 unspecified atom stereocenters. The molecule has 1 aliphatic rings. The first kappa shape index (κ1) is 11.4. The van der Waals surface area contributed by atoms with Gasteiger partial charge in [-0.2, -0.15) is 0 Å². The molecule has 2 heterocycles. The lowest BCUT2D eigenvalue weighted by molar-refractivity contribution is 0.582. The zero-order chi connectivity index (χ0) is 11.4. The summed E-state index contributed by atoms with van der Waals surface area (Å²) < 4.78 is 0. The van der Waals surface area contributed by atoms with Crippen LogP contribution in [0.15, 0.2) is 18.3 Å². The van der Waals surface area contributed by atoms with Crippen molar-refractivity contribution in [2.45, 2.75) is 38.6 Å². The number of nitrogens with two attached hydrogens (primary N) is 1. The molecule has 1 atom stereocenters. The maximum atomic E-state index is 5.58. The van der Waals surface area contributed by atoms with Gasteiger partial charge < -0.3 is 10.6 Å². The molecule has 1 saturated heterocycles. The Hall–Kier alpha value is -1.09. The molecule has 0 radical (unpaired) electrons. The number of anilines is 1. The molecule has 0 amide bonds. The van der Waals surface area contributed by atoms with Crippen LogP contribution in [0.3, 0.4) is 0 Å². The first-order valence-electron chi connectivity index (χ1n) is 6.20. The van der Waals surface area contributed by atoms with Crippen LogP contribution in [-0.2, 0) is 0 Å². The average Bonchev–Trinajstić information content (AvgIpc) is 2.74. The van der Waals surface area contributed by atoms with Crippen LogP contribution >= 0.6 is 0 Å². The van der Waals surface area contributed by atoms with Gasteiger partial charge in [-0.25, -0.2) is 4.98 Å². The largest absolute Gasteiger partial charge is 0.354 e. The molecule has 0 saturated carbocycles. The molecule has 2 rings (SSSR count). The monoisotopic (exact) mass is 219 g/mol. The normalized spacial score (nSPS) is 20.4. The van der Waals surface area contributed by atoms with Crippen molar-refractivity contribution in [2.75, 3.05) is 18.0 Å². The molecule has 0 spiro atoms. The van der Waals surface area contributed by atoms with E-state index in [1.165, 1.54) is 24.8 Å². The van der Waals surface area contributed by atoms with Gasteiger partial charge in [0.2, 0.25) is 0 Å². The SMILES string of the molecule is Cc1ccnc(N2CCCC2CCCN)c1. The highest BCUT2D eigenvalue weighted by molar-refractivity contribution is 5.42. The lowest BCUT2D eigenvalue weighted by Gasteiger charge is -2.25. The van der Waals surface area contributed by atoms with Gasteiger partial charge >= 0.3 is 0 Å². The van der Waals surface area contributed by atoms with Gasteiger partial charge in [0.05, 0.1) is 0 Å². The van der Waals surface area contributed by atoms with Crippen molar-refractivity contribution >= 4 is 5.82 Å². The summed E-state index contributed by atoms with van der Waals surface area (Å²) in [5.74, 6) is 1.14. The summed E-state index contributed by atoms with van der Waals surface area (Å²) >= 11 is 0. The van der Waals surface area contributed by atoms with Crippen molar-refractivity contribution in [1.82, 2.24) is 4.98 Å². The van der Waals surface area contributed by atoms with Crippen LogP contribution in [0.4, 0.5) is 5.82 Å². The van der Waals surface area contributed by atoms with E-state index in [1.54, 1.807) is 0 Å². The molecule has 3 nitrogen and oxygen atoms in total. The summed E-state index contributed by atoms with van der Waals surface area (Å²) in [6, 6.07) is 4.88. The third-order valence-corrected chi connectivity index (χ3v) is 3.31. The summed E-state index contributed by atoms with van der Waals surface area (Å²) in [6.07, 6.45) is 6.79. The number of nitrogens with zero attached hydrogens (tertiary/aromatic N) is 2. The van der Waals surface area contributed by atoms with Crippen LogP contribution in [0.2, 0.25) is 0 Å². The summed E-state index contributed by atoms with van der Waals surface area (Å²) in [5, 5.41) is 0. The third kappa shape index (κ3) is 2.53. The van der Waals surface area contributed by atoms with Gasteiger partial charge in [0, 0.05) is 18.8 Å². The van der Waals surface area contributed by atoms with Crippen molar-refractivity contribution in [3.63, 3.8) is 0 Å². The van der Waals surface area contributed by atoms with Gasteiger partial charge in [0.25, 0.3) is 0 Å². The Morgan fingerprint density at radius 1 is 1.56 bits per heavy atom. The second kappa shape index (κ2) is 5.30. The van der Waals surface area contributed by atoms with E-state index in [0.717, 1.165) is 25.3 Å². The number of hydrogen-bond acceptors (Lipinski definition) is 3. The van der Waals surface area contributed by atoms with Crippen molar-refractivity contribution in [2.24, 2.45) is 5.73 Å². The van der Waals surface area contributed by atoms with E-state index in [2.05, 4.69) is 28.9 Å². The van der Waals surface area contributed by atoms with Crippen molar-refractivity contribution < 1.29 is 0 Å². The van der Waals surface area contributed by atoms with Crippen LogP contribution in [0.5, 0.6) is 0 Å². The smallest absolute Gasteiger partial charge is 0.128 e. The van der Waals surface area contributed by atoms with E-state index in [9.17, 15) is 0 Å². The van der Waals surface area contributed by atoms with E-state index in [4.69, 9.17) is 5.73 Å². The third-order valence-electron chi connectivity index (χ3n) is 3.31. The van der Waals surface area contributed by atoms with Crippen LogP contribution < -0.4 is 10.6 Å². The van der Waals surface area contributed by atoms with Gasteiger partial charge in [-0.3, -0.25) is 0 Å². The van der Waals surface area contributed by atoms with Crippen molar-refractivity contribution in [3.8, 4) is 0 Å². The Labute approximate surface area is 97.7 Å². The van der Waals surface area contributed by atoms with Gasteiger partial charge in [0.15, 0.2) is 0 Å². The number of hydrogen-bond donors (Lipinski definition) is 1. The Kier molecular flexibility index (Phi) is 3.78. The van der Waals surface area contributed by atoms with Crippen LogP contribution in [0, 0.1) is 6.92 Å². The fraction of sp³-hybridized carbons (Fsp3) is 0.615. The summed E-state index contributed by atoms with van der Waals surface area (Å²) in [7, 11) is 0. The molecule has 1 aromatic rings. The van der Waals surface area contributed by atoms with Crippen molar-refractivity contribution in [3.05, 3.63) is 23.9 Å².